The van der Waals surface area contributed by atoms with E-state index in [1.807, 2.05) is 41.2 Å². The highest BCUT2D eigenvalue weighted by Crippen LogP contribution is 2.14. The lowest BCUT2D eigenvalue weighted by Crippen LogP contribution is -2.19. The van der Waals surface area contributed by atoms with Gasteiger partial charge in [-0.15, -0.1) is 0 Å². The first-order chi connectivity index (χ1) is 10.8. The molecule has 0 amide bonds. The molecule has 0 aliphatic heterocycles. The fourth-order valence-corrected chi connectivity index (χ4v) is 2.14. The zero-order valence-electron chi connectivity index (χ0n) is 12.4. The summed E-state index contributed by atoms with van der Waals surface area (Å²) in [6.07, 6.45) is 8.21. The monoisotopic (exact) mass is 294 g/mol. The van der Waals surface area contributed by atoms with Gasteiger partial charge in [0.05, 0.1) is 11.4 Å². The van der Waals surface area contributed by atoms with E-state index in [1.54, 1.807) is 18.6 Å². The van der Waals surface area contributed by atoms with E-state index in [9.17, 15) is 0 Å². The maximum Gasteiger partial charge on any atom is 0.223 e. The molecule has 0 aliphatic rings. The molecule has 3 heterocycles. The molecule has 0 bridgehead atoms. The number of aryl methyl sites for hydroxylation is 1. The van der Waals surface area contributed by atoms with Crippen molar-refractivity contribution in [2.75, 3.05) is 5.32 Å². The van der Waals surface area contributed by atoms with Gasteiger partial charge in [0.2, 0.25) is 5.95 Å². The predicted octanol–water partition coefficient (Wildman–Crippen LogP) is 2.63. The second kappa shape index (κ2) is 6.80. The van der Waals surface area contributed by atoms with Gasteiger partial charge in [-0.3, -0.25) is 9.67 Å². The molecular weight excluding hydrogens is 276 g/mol. The van der Waals surface area contributed by atoms with Crippen LogP contribution >= 0.6 is 0 Å². The maximum absolute atomic E-state index is 4.52. The van der Waals surface area contributed by atoms with E-state index in [1.165, 1.54) is 0 Å². The van der Waals surface area contributed by atoms with Crippen molar-refractivity contribution >= 4 is 5.95 Å². The molecule has 0 spiro atoms. The van der Waals surface area contributed by atoms with Gasteiger partial charge < -0.3 is 5.32 Å². The van der Waals surface area contributed by atoms with Gasteiger partial charge in [-0.05, 0) is 37.6 Å². The van der Waals surface area contributed by atoms with E-state index in [0.29, 0.717) is 5.95 Å². The minimum Gasteiger partial charge on any atom is -0.352 e. The minimum absolute atomic E-state index is 0.253. The largest absolute Gasteiger partial charge is 0.352 e. The number of hydrogen-bond donors (Lipinski definition) is 1. The molecule has 0 radical (unpaired) electrons. The van der Waals surface area contributed by atoms with Crippen LogP contribution in [0.2, 0.25) is 0 Å². The molecule has 0 unspecified atom stereocenters. The van der Waals surface area contributed by atoms with Crippen molar-refractivity contribution in [1.82, 2.24) is 24.7 Å². The summed E-state index contributed by atoms with van der Waals surface area (Å²) >= 11 is 0. The van der Waals surface area contributed by atoms with Crippen LogP contribution in [0.5, 0.6) is 0 Å². The van der Waals surface area contributed by atoms with Crippen LogP contribution in [0.1, 0.15) is 13.3 Å². The molecule has 0 aliphatic carbocycles. The van der Waals surface area contributed by atoms with Crippen molar-refractivity contribution in [2.45, 2.75) is 25.9 Å². The Morgan fingerprint density at radius 2 is 2.00 bits per heavy atom. The number of rotatable bonds is 6. The Morgan fingerprint density at radius 3 is 2.77 bits per heavy atom. The Labute approximate surface area is 129 Å². The van der Waals surface area contributed by atoms with Crippen molar-refractivity contribution < 1.29 is 0 Å². The fourth-order valence-electron chi connectivity index (χ4n) is 2.14. The number of anilines is 1. The van der Waals surface area contributed by atoms with Crippen molar-refractivity contribution in [2.24, 2.45) is 0 Å². The lowest BCUT2D eigenvalue weighted by Gasteiger charge is -2.14. The van der Waals surface area contributed by atoms with Crippen LogP contribution in [0.3, 0.4) is 0 Å². The summed E-state index contributed by atoms with van der Waals surface area (Å²) in [5.74, 6) is 0.621. The summed E-state index contributed by atoms with van der Waals surface area (Å²) in [4.78, 5) is 13.1. The van der Waals surface area contributed by atoms with E-state index < -0.39 is 0 Å². The Morgan fingerprint density at radius 1 is 1.05 bits per heavy atom. The van der Waals surface area contributed by atoms with E-state index in [0.717, 1.165) is 24.4 Å². The molecule has 22 heavy (non-hydrogen) atoms. The standard InChI is InChI=1S/C16H18N6/c1-13(7-12-22-11-4-9-19-22)20-16-18-10-6-15(21-16)14-5-2-3-8-17-14/h2-6,8-11,13H,7,12H2,1H3,(H,18,20,21)/t13-/m0/s1. The van der Waals surface area contributed by atoms with E-state index in [-0.39, 0.29) is 6.04 Å². The second-order valence-electron chi connectivity index (χ2n) is 5.08. The smallest absolute Gasteiger partial charge is 0.223 e. The highest BCUT2D eigenvalue weighted by Gasteiger charge is 2.07. The van der Waals surface area contributed by atoms with Crippen molar-refractivity contribution in [3.63, 3.8) is 0 Å². The molecule has 6 heteroatoms. The number of aromatic nitrogens is 5. The summed E-state index contributed by atoms with van der Waals surface area (Å²) in [5.41, 5.74) is 1.66. The highest BCUT2D eigenvalue weighted by atomic mass is 15.3. The minimum atomic E-state index is 0.253. The lowest BCUT2D eigenvalue weighted by atomic mass is 10.2. The molecule has 3 rings (SSSR count). The molecule has 112 valence electrons. The number of nitrogens with one attached hydrogen (secondary N) is 1. The maximum atomic E-state index is 4.52. The van der Waals surface area contributed by atoms with Crippen molar-refractivity contribution in [1.29, 1.82) is 0 Å². The Bertz CT molecular complexity index is 696. The molecule has 0 saturated heterocycles. The summed E-state index contributed by atoms with van der Waals surface area (Å²) in [6.45, 7) is 2.97. The second-order valence-corrected chi connectivity index (χ2v) is 5.08. The molecule has 1 atom stereocenters. The predicted molar refractivity (Wildman–Crippen MR) is 85.2 cm³/mol. The van der Waals surface area contributed by atoms with E-state index in [4.69, 9.17) is 0 Å². The number of pyridine rings is 1. The van der Waals surface area contributed by atoms with Crippen molar-refractivity contribution in [3.05, 3.63) is 55.1 Å². The average Bonchev–Trinajstić information content (AvgIpc) is 3.08. The van der Waals surface area contributed by atoms with Gasteiger partial charge in [0.15, 0.2) is 0 Å². The third-order valence-electron chi connectivity index (χ3n) is 3.31. The first-order valence-electron chi connectivity index (χ1n) is 7.30. The summed E-state index contributed by atoms with van der Waals surface area (Å²) in [6, 6.07) is 9.82. The SMILES string of the molecule is C[C@@H](CCn1cccn1)Nc1nccc(-c2ccccn2)n1. The van der Waals surface area contributed by atoms with Crippen LogP contribution in [-0.4, -0.2) is 30.8 Å². The quantitative estimate of drug-likeness (QED) is 0.757. The number of hydrogen-bond acceptors (Lipinski definition) is 5. The van der Waals surface area contributed by atoms with Crippen LogP contribution in [0.4, 0.5) is 5.95 Å². The van der Waals surface area contributed by atoms with Gasteiger partial charge >= 0.3 is 0 Å². The van der Waals surface area contributed by atoms with Crippen LogP contribution < -0.4 is 5.32 Å². The number of nitrogens with zero attached hydrogens (tertiary/aromatic N) is 5. The lowest BCUT2D eigenvalue weighted by molar-refractivity contribution is 0.544. The zero-order chi connectivity index (χ0) is 15.2. The molecule has 0 aromatic carbocycles. The molecule has 6 nitrogen and oxygen atoms in total. The topological polar surface area (TPSA) is 68.5 Å². The third kappa shape index (κ3) is 3.66. The zero-order valence-corrected chi connectivity index (χ0v) is 12.4. The Hall–Kier alpha value is -2.76. The van der Waals surface area contributed by atoms with Gasteiger partial charge in [-0.25, -0.2) is 9.97 Å². The van der Waals surface area contributed by atoms with E-state index in [2.05, 4.69) is 32.3 Å². The molecule has 0 saturated carbocycles. The fraction of sp³-hybridized carbons (Fsp3) is 0.250. The molecule has 3 aromatic rings. The van der Waals surface area contributed by atoms with Crippen LogP contribution in [0.15, 0.2) is 55.1 Å². The Kier molecular flexibility index (Phi) is 4.38. The van der Waals surface area contributed by atoms with Gasteiger partial charge in [0.25, 0.3) is 0 Å². The molecular formula is C16H18N6. The van der Waals surface area contributed by atoms with E-state index >= 15 is 0 Å². The van der Waals surface area contributed by atoms with Crippen molar-refractivity contribution in [3.8, 4) is 11.4 Å². The Balaban J connectivity index is 1.62. The van der Waals surface area contributed by atoms with Gasteiger partial charge in [0, 0.05) is 37.4 Å². The van der Waals surface area contributed by atoms with Crippen LogP contribution in [0.25, 0.3) is 11.4 Å². The molecule has 1 N–H and O–H groups in total. The molecule has 0 fully saturated rings. The summed E-state index contributed by atoms with van der Waals surface area (Å²) in [7, 11) is 0. The average molecular weight is 294 g/mol. The van der Waals surface area contributed by atoms with Crippen LogP contribution in [-0.2, 0) is 6.54 Å². The summed E-state index contributed by atoms with van der Waals surface area (Å²) in [5, 5.41) is 7.52. The normalized spacial score (nSPS) is 12.0. The van der Waals surface area contributed by atoms with Crippen LogP contribution in [0, 0.1) is 0 Å². The van der Waals surface area contributed by atoms with Gasteiger partial charge in [-0.1, -0.05) is 6.07 Å². The summed E-state index contributed by atoms with van der Waals surface area (Å²) < 4.78 is 1.92. The highest BCUT2D eigenvalue weighted by molar-refractivity contribution is 5.54. The first kappa shape index (κ1) is 14.2. The molecule has 3 aromatic heterocycles. The van der Waals surface area contributed by atoms with Gasteiger partial charge in [-0.2, -0.15) is 5.10 Å². The van der Waals surface area contributed by atoms with Gasteiger partial charge in [0.1, 0.15) is 0 Å². The third-order valence-corrected chi connectivity index (χ3v) is 3.31. The first-order valence-corrected chi connectivity index (χ1v) is 7.30.